The van der Waals surface area contributed by atoms with E-state index in [1.165, 1.54) is 5.56 Å². The number of carboxylic acid groups (broad SMARTS) is 2. The lowest BCUT2D eigenvalue weighted by Gasteiger charge is -2.32. The molecule has 0 aromatic heterocycles. The molecule has 38 heavy (non-hydrogen) atoms. The minimum Gasteiger partial charge on any atom is -0.545 e. The zero-order valence-electron chi connectivity index (χ0n) is 23.0. The molecule has 0 amide bonds. The molecule has 0 spiro atoms. The fraction of sp³-hybridized carbons (Fsp3) is 0.433. The molecule has 1 atom stereocenters. The molecule has 0 aliphatic carbocycles. The van der Waals surface area contributed by atoms with Gasteiger partial charge in [0.15, 0.2) is 0 Å². The summed E-state index contributed by atoms with van der Waals surface area (Å²) in [5.41, 5.74) is 2.95. The topological polar surface area (TPSA) is 130 Å². The molecular formula is C30H39NO7-2. The lowest BCUT2D eigenvalue weighted by Crippen LogP contribution is -2.38. The van der Waals surface area contributed by atoms with Crippen LogP contribution < -0.4 is 14.9 Å². The van der Waals surface area contributed by atoms with Crippen molar-refractivity contribution in [2.75, 3.05) is 6.54 Å². The van der Waals surface area contributed by atoms with Crippen LogP contribution in [0, 0.1) is 5.92 Å². The number of carbonyl (C=O) groups excluding carboxylic acids is 3. The number of rotatable bonds is 12. The second kappa shape index (κ2) is 16.4. The minimum absolute atomic E-state index is 0.0446. The van der Waals surface area contributed by atoms with Gasteiger partial charge in [-0.25, -0.2) is 0 Å². The Morgan fingerprint density at radius 1 is 0.895 bits per heavy atom. The molecule has 0 aliphatic rings. The number of carbonyl (C=O) groups is 3. The van der Waals surface area contributed by atoms with Crippen LogP contribution in [0.15, 0.2) is 60.7 Å². The molecule has 8 nitrogen and oxygen atoms in total. The van der Waals surface area contributed by atoms with Crippen LogP contribution >= 0.6 is 0 Å². The number of nitrogens with zero attached hydrogens (tertiary/aromatic N) is 1. The first kappa shape index (κ1) is 32.5. The predicted molar refractivity (Wildman–Crippen MR) is 142 cm³/mol. The number of aliphatic carboxylic acids is 2. The lowest BCUT2D eigenvalue weighted by molar-refractivity contribution is -0.301. The maximum absolute atomic E-state index is 12.3. The molecule has 0 heterocycles. The van der Waals surface area contributed by atoms with E-state index in [1.54, 1.807) is 0 Å². The van der Waals surface area contributed by atoms with Crippen molar-refractivity contribution in [3.63, 3.8) is 0 Å². The molecule has 1 unspecified atom stereocenters. The zero-order valence-corrected chi connectivity index (χ0v) is 23.0. The lowest BCUT2D eigenvalue weighted by atomic mass is 9.86. The van der Waals surface area contributed by atoms with Crippen LogP contribution in [0.25, 0.3) is 0 Å². The van der Waals surface area contributed by atoms with Crippen LogP contribution in [0.3, 0.4) is 0 Å². The van der Waals surface area contributed by atoms with E-state index in [2.05, 4.69) is 44.7 Å². The van der Waals surface area contributed by atoms with Gasteiger partial charge in [-0.15, -0.1) is 0 Å². The van der Waals surface area contributed by atoms with E-state index < -0.39 is 11.9 Å². The Hall–Kier alpha value is -3.49. The van der Waals surface area contributed by atoms with Gasteiger partial charge in [-0.1, -0.05) is 50.2 Å². The third kappa shape index (κ3) is 11.3. The van der Waals surface area contributed by atoms with E-state index in [0.717, 1.165) is 24.1 Å². The average Bonchev–Trinajstić information content (AvgIpc) is 2.86. The van der Waals surface area contributed by atoms with Crippen LogP contribution in [0.5, 0.6) is 5.75 Å². The predicted octanol–water partition coefficient (Wildman–Crippen LogP) is 2.42. The molecule has 2 rings (SSSR count). The minimum atomic E-state index is -1.55. The molecule has 0 saturated carbocycles. The highest BCUT2D eigenvalue weighted by atomic mass is 16.5. The van der Waals surface area contributed by atoms with Gasteiger partial charge in [-0.2, -0.15) is 0 Å². The van der Waals surface area contributed by atoms with Gasteiger partial charge in [0, 0.05) is 23.6 Å². The Kier molecular flexibility index (Phi) is 14.0. The van der Waals surface area contributed by atoms with Crippen molar-refractivity contribution in [2.45, 2.75) is 72.6 Å². The molecule has 1 N–H and O–H groups in total. The molecule has 208 valence electrons. The van der Waals surface area contributed by atoms with Gasteiger partial charge >= 0.3 is 5.97 Å². The Labute approximate surface area is 225 Å². The quantitative estimate of drug-likeness (QED) is 0.254. The van der Waals surface area contributed by atoms with Gasteiger partial charge in [-0.05, 0) is 76.1 Å². The fourth-order valence-electron chi connectivity index (χ4n) is 4.00. The van der Waals surface area contributed by atoms with Crippen molar-refractivity contribution >= 4 is 17.9 Å². The van der Waals surface area contributed by atoms with Crippen molar-refractivity contribution in [3.05, 3.63) is 77.4 Å². The van der Waals surface area contributed by atoms with E-state index in [1.807, 2.05) is 50.2 Å². The maximum atomic E-state index is 12.3. The average molecular weight is 526 g/mol. The monoisotopic (exact) mass is 525 g/mol. The SMILES string of the molecule is CC(C)C(=O)Oc1ccc(CO)cc1C(CCN(C(C)C)C(C)C)c1ccccc1.O=C([O-])C=CC(=O)[O-]. The summed E-state index contributed by atoms with van der Waals surface area (Å²) >= 11 is 0. The van der Waals surface area contributed by atoms with Crippen LogP contribution in [0.1, 0.15) is 70.6 Å². The summed E-state index contributed by atoms with van der Waals surface area (Å²) < 4.78 is 5.78. The summed E-state index contributed by atoms with van der Waals surface area (Å²) in [6, 6.07) is 16.9. The number of carboxylic acids is 2. The van der Waals surface area contributed by atoms with Crippen molar-refractivity contribution in [1.82, 2.24) is 4.90 Å². The molecule has 0 radical (unpaired) electrons. The van der Waals surface area contributed by atoms with Crippen LogP contribution in [-0.4, -0.2) is 46.5 Å². The summed E-state index contributed by atoms with van der Waals surface area (Å²) in [7, 11) is 0. The van der Waals surface area contributed by atoms with Crippen molar-refractivity contribution in [2.24, 2.45) is 5.92 Å². The molecule has 8 heteroatoms. The molecule has 0 aliphatic heterocycles. The molecular weight excluding hydrogens is 486 g/mol. The number of aliphatic hydroxyl groups excluding tert-OH is 1. The number of aliphatic hydroxyl groups is 1. The van der Waals surface area contributed by atoms with Gasteiger partial charge in [0.1, 0.15) is 5.75 Å². The number of hydrogen-bond acceptors (Lipinski definition) is 8. The van der Waals surface area contributed by atoms with Crippen molar-refractivity contribution in [1.29, 1.82) is 0 Å². The van der Waals surface area contributed by atoms with E-state index in [9.17, 15) is 29.7 Å². The molecule has 2 aromatic carbocycles. The summed E-state index contributed by atoms with van der Waals surface area (Å²) in [5.74, 6) is -2.90. The van der Waals surface area contributed by atoms with Crippen molar-refractivity contribution < 1.29 is 34.4 Å². The van der Waals surface area contributed by atoms with Gasteiger partial charge in [0.05, 0.1) is 24.5 Å². The molecule has 0 fully saturated rings. The highest BCUT2D eigenvalue weighted by Gasteiger charge is 2.23. The Bertz CT molecular complexity index is 1040. The number of esters is 1. The Balaban J connectivity index is 0.000000781. The summed E-state index contributed by atoms with van der Waals surface area (Å²) in [6.45, 7) is 13.4. The highest BCUT2D eigenvalue weighted by Crippen LogP contribution is 2.36. The Morgan fingerprint density at radius 2 is 1.45 bits per heavy atom. The smallest absolute Gasteiger partial charge is 0.313 e. The Morgan fingerprint density at radius 3 is 1.89 bits per heavy atom. The second-order valence-corrected chi connectivity index (χ2v) is 9.75. The second-order valence-electron chi connectivity index (χ2n) is 9.75. The fourth-order valence-corrected chi connectivity index (χ4v) is 4.00. The van der Waals surface area contributed by atoms with E-state index in [0.29, 0.717) is 30.0 Å². The van der Waals surface area contributed by atoms with Gasteiger partial charge in [-0.3, -0.25) is 9.69 Å². The zero-order chi connectivity index (χ0) is 28.8. The first-order chi connectivity index (χ1) is 17.9. The normalized spacial score (nSPS) is 12.1. The van der Waals surface area contributed by atoms with Crippen LogP contribution in [0.2, 0.25) is 0 Å². The summed E-state index contributed by atoms with van der Waals surface area (Å²) in [5, 5.41) is 28.6. The molecule has 0 saturated heterocycles. The largest absolute Gasteiger partial charge is 0.545 e. The third-order valence-electron chi connectivity index (χ3n) is 5.87. The first-order valence-corrected chi connectivity index (χ1v) is 12.7. The van der Waals surface area contributed by atoms with E-state index >= 15 is 0 Å². The number of hydrogen-bond donors (Lipinski definition) is 1. The van der Waals surface area contributed by atoms with Crippen molar-refractivity contribution in [3.8, 4) is 5.75 Å². The standard InChI is InChI=1S/C26H37NO3.C4H4O4/c1-18(2)26(29)30-25-13-12-21(17-28)16-24(25)23(22-10-8-7-9-11-22)14-15-27(19(3)4)20(5)6;5-3(6)1-2-4(7)8/h7-13,16,18-20,23,28H,14-15,17H2,1-6H3;1-2H,(H,5,6)(H,7,8)/p-2. The van der Waals surface area contributed by atoms with Gasteiger partial charge in [0.2, 0.25) is 0 Å². The van der Waals surface area contributed by atoms with E-state index in [4.69, 9.17) is 4.74 Å². The highest BCUT2D eigenvalue weighted by molar-refractivity contribution is 5.87. The van der Waals surface area contributed by atoms with Crippen LogP contribution in [-0.2, 0) is 21.0 Å². The van der Waals surface area contributed by atoms with Crippen LogP contribution in [0.4, 0.5) is 0 Å². The van der Waals surface area contributed by atoms with Gasteiger partial charge in [0.25, 0.3) is 0 Å². The van der Waals surface area contributed by atoms with E-state index in [-0.39, 0.29) is 24.4 Å². The summed E-state index contributed by atoms with van der Waals surface area (Å²) in [4.78, 5) is 33.7. The first-order valence-electron chi connectivity index (χ1n) is 12.7. The molecule has 2 aromatic rings. The number of benzene rings is 2. The van der Waals surface area contributed by atoms with Gasteiger partial charge < -0.3 is 29.6 Å². The maximum Gasteiger partial charge on any atom is 0.313 e. The summed E-state index contributed by atoms with van der Waals surface area (Å²) in [6.07, 6.45) is 1.66. The molecule has 0 bridgehead atoms. The third-order valence-corrected chi connectivity index (χ3v) is 5.87. The number of ether oxygens (including phenoxy) is 1.